The summed E-state index contributed by atoms with van der Waals surface area (Å²) in [5.74, 6) is 0.712. The molecule has 0 saturated carbocycles. The van der Waals surface area contributed by atoms with Crippen LogP contribution in [0, 0.1) is 0 Å². The number of aromatic nitrogens is 1. The SMILES string of the molecule is CC(C)c1onc(-c2c(Cl)cccc2Cl)c1COc1ccc(CNc2ccc(CC(=O)O)cc2)cc1. The quantitative estimate of drug-likeness (QED) is 0.222. The second kappa shape index (κ2) is 11.5. The Hall–Kier alpha value is -3.48. The highest BCUT2D eigenvalue weighted by Gasteiger charge is 2.23. The van der Waals surface area contributed by atoms with Gasteiger partial charge < -0.3 is 19.7 Å². The molecule has 0 aliphatic rings. The van der Waals surface area contributed by atoms with Gasteiger partial charge in [0.1, 0.15) is 23.8 Å². The van der Waals surface area contributed by atoms with Crippen molar-refractivity contribution in [2.24, 2.45) is 0 Å². The largest absolute Gasteiger partial charge is 0.489 e. The number of hydrogen-bond donors (Lipinski definition) is 2. The van der Waals surface area contributed by atoms with Crippen molar-refractivity contribution in [1.29, 1.82) is 0 Å². The number of ether oxygens (including phenoxy) is 1. The van der Waals surface area contributed by atoms with E-state index in [0.717, 1.165) is 28.1 Å². The molecule has 0 spiro atoms. The lowest BCUT2D eigenvalue weighted by molar-refractivity contribution is -0.136. The van der Waals surface area contributed by atoms with Crippen molar-refractivity contribution in [2.45, 2.75) is 39.3 Å². The Labute approximate surface area is 219 Å². The van der Waals surface area contributed by atoms with Gasteiger partial charge in [-0.05, 0) is 47.5 Å². The third-order valence-electron chi connectivity index (χ3n) is 5.65. The van der Waals surface area contributed by atoms with Crippen molar-refractivity contribution in [3.8, 4) is 17.0 Å². The molecule has 1 heterocycles. The summed E-state index contributed by atoms with van der Waals surface area (Å²) in [6.07, 6.45) is 0.0161. The third kappa shape index (κ3) is 6.20. The number of halogens is 2. The summed E-state index contributed by atoms with van der Waals surface area (Å²) in [5, 5.41) is 17.5. The predicted molar refractivity (Wildman–Crippen MR) is 142 cm³/mol. The van der Waals surface area contributed by atoms with Gasteiger partial charge in [0.15, 0.2) is 0 Å². The molecule has 0 atom stereocenters. The number of rotatable bonds is 10. The molecule has 1 aromatic heterocycles. The van der Waals surface area contributed by atoms with Crippen LogP contribution in [0.4, 0.5) is 5.69 Å². The van der Waals surface area contributed by atoms with Gasteiger partial charge in [0.05, 0.1) is 22.0 Å². The molecule has 4 rings (SSSR count). The van der Waals surface area contributed by atoms with Crippen molar-refractivity contribution in [1.82, 2.24) is 5.16 Å². The third-order valence-corrected chi connectivity index (χ3v) is 6.28. The van der Waals surface area contributed by atoms with Gasteiger partial charge >= 0.3 is 5.97 Å². The van der Waals surface area contributed by atoms with Crippen LogP contribution in [-0.4, -0.2) is 16.2 Å². The molecule has 0 bridgehead atoms. The average Bonchev–Trinajstić information content (AvgIpc) is 3.26. The van der Waals surface area contributed by atoms with E-state index in [1.54, 1.807) is 18.2 Å². The number of benzene rings is 3. The van der Waals surface area contributed by atoms with Crippen LogP contribution < -0.4 is 10.1 Å². The normalized spacial score (nSPS) is 11.0. The Kier molecular flexibility index (Phi) is 8.18. The fourth-order valence-electron chi connectivity index (χ4n) is 3.81. The summed E-state index contributed by atoms with van der Waals surface area (Å²) in [4.78, 5) is 10.8. The minimum absolute atomic E-state index is 0.0161. The van der Waals surface area contributed by atoms with Crippen LogP contribution in [0.5, 0.6) is 5.75 Å². The van der Waals surface area contributed by atoms with Gasteiger partial charge in [-0.2, -0.15) is 0 Å². The van der Waals surface area contributed by atoms with Crippen LogP contribution >= 0.6 is 23.2 Å². The number of carboxylic acid groups (broad SMARTS) is 1. The molecule has 0 aliphatic carbocycles. The van der Waals surface area contributed by atoms with Crippen LogP contribution in [0.1, 0.15) is 42.2 Å². The van der Waals surface area contributed by atoms with E-state index in [4.69, 9.17) is 37.6 Å². The smallest absolute Gasteiger partial charge is 0.307 e. The average molecular weight is 525 g/mol. The zero-order valence-electron chi connectivity index (χ0n) is 19.9. The molecule has 8 heteroatoms. The van der Waals surface area contributed by atoms with Gasteiger partial charge in [0.2, 0.25) is 0 Å². The molecule has 3 aromatic carbocycles. The zero-order valence-corrected chi connectivity index (χ0v) is 21.4. The van der Waals surface area contributed by atoms with Crippen LogP contribution in [0.2, 0.25) is 10.0 Å². The summed E-state index contributed by atoms with van der Waals surface area (Å²) in [7, 11) is 0. The highest BCUT2D eigenvalue weighted by atomic mass is 35.5. The first-order chi connectivity index (χ1) is 17.3. The number of anilines is 1. The van der Waals surface area contributed by atoms with E-state index in [-0.39, 0.29) is 18.9 Å². The number of nitrogens with zero attached hydrogens (tertiary/aromatic N) is 1. The molecule has 0 unspecified atom stereocenters. The first-order valence-corrected chi connectivity index (χ1v) is 12.3. The Morgan fingerprint density at radius 2 is 1.64 bits per heavy atom. The van der Waals surface area contributed by atoms with Crippen molar-refractivity contribution in [3.05, 3.63) is 99.2 Å². The lowest BCUT2D eigenvalue weighted by atomic mass is 10.0. The maximum Gasteiger partial charge on any atom is 0.307 e. The highest BCUT2D eigenvalue weighted by molar-refractivity contribution is 6.39. The Bertz CT molecular complexity index is 1310. The molecule has 0 radical (unpaired) electrons. The second-order valence-electron chi connectivity index (χ2n) is 8.68. The van der Waals surface area contributed by atoms with E-state index < -0.39 is 5.97 Å². The maximum atomic E-state index is 10.8. The number of aliphatic carboxylic acids is 1. The van der Waals surface area contributed by atoms with Gasteiger partial charge in [-0.25, -0.2) is 0 Å². The van der Waals surface area contributed by atoms with Gasteiger partial charge in [0, 0.05) is 23.7 Å². The first kappa shape index (κ1) is 25.6. The van der Waals surface area contributed by atoms with Gasteiger partial charge in [-0.15, -0.1) is 0 Å². The minimum Gasteiger partial charge on any atom is -0.489 e. The van der Waals surface area contributed by atoms with Crippen LogP contribution in [0.3, 0.4) is 0 Å². The molecule has 2 N–H and O–H groups in total. The summed E-state index contributed by atoms with van der Waals surface area (Å²) >= 11 is 12.8. The molecule has 4 aromatic rings. The Morgan fingerprint density at radius 1 is 1.00 bits per heavy atom. The lowest BCUT2D eigenvalue weighted by Gasteiger charge is -2.11. The fourth-order valence-corrected chi connectivity index (χ4v) is 4.39. The standard InChI is InChI=1S/C28H26Cl2N2O4/c1-17(2)28-22(27(32-36-28)26-23(29)4-3-5-24(26)30)16-35-21-12-8-19(9-13-21)15-31-20-10-6-18(7-11-20)14-25(33)34/h3-13,17,31H,14-16H2,1-2H3,(H,33,34). The summed E-state index contributed by atoms with van der Waals surface area (Å²) in [5.41, 5.74) is 4.80. The molecule has 0 amide bonds. The Balaban J connectivity index is 1.42. The van der Waals surface area contributed by atoms with E-state index in [0.29, 0.717) is 33.6 Å². The van der Waals surface area contributed by atoms with Crippen molar-refractivity contribution >= 4 is 34.9 Å². The van der Waals surface area contributed by atoms with Gasteiger partial charge in [-0.1, -0.05) is 72.5 Å². The van der Waals surface area contributed by atoms with E-state index in [9.17, 15) is 4.79 Å². The second-order valence-corrected chi connectivity index (χ2v) is 9.49. The number of carboxylic acids is 1. The van der Waals surface area contributed by atoms with E-state index in [1.165, 1.54) is 0 Å². The molecular weight excluding hydrogens is 499 g/mol. The lowest BCUT2D eigenvalue weighted by Crippen LogP contribution is -2.03. The van der Waals surface area contributed by atoms with Crippen molar-refractivity contribution in [3.63, 3.8) is 0 Å². The molecule has 6 nitrogen and oxygen atoms in total. The topological polar surface area (TPSA) is 84.6 Å². The number of nitrogens with one attached hydrogen (secondary N) is 1. The van der Waals surface area contributed by atoms with Crippen molar-refractivity contribution in [2.75, 3.05) is 5.32 Å². The van der Waals surface area contributed by atoms with E-state index in [1.807, 2.05) is 62.4 Å². The maximum absolute atomic E-state index is 10.8. The Morgan fingerprint density at radius 3 is 2.25 bits per heavy atom. The summed E-state index contributed by atoms with van der Waals surface area (Å²) in [6, 6.07) is 20.5. The van der Waals surface area contributed by atoms with Crippen LogP contribution in [0.25, 0.3) is 11.3 Å². The van der Waals surface area contributed by atoms with E-state index >= 15 is 0 Å². The molecule has 186 valence electrons. The van der Waals surface area contributed by atoms with Crippen LogP contribution in [0.15, 0.2) is 71.3 Å². The predicted octanol–water partition coefficient (Wildman–Crippen LogP) is 7.59. The number of carbonyl (C=O) groups is 1. The van der Waals surface area contributed by atoms with Crippen LogP contribution in [-0.2, 0) is 24.4 Å². The van der Waals surface area contributed by atoms with Gasteiger partial charge in [-0.3, -0.25) is 4.79 Å². The molecule has 0 fully saturated rings. The zero-order chi connectivity index (χ0) is 25.7. The highest BCUT2D eigenvalue weighted by Crippen LogP contribution is 2.38. The monoisotopic (exact) mass is 524 g/mol. The molecule has 36 heavy (non-hydrogen) atoms. The number of hydrogen-bond acceptors (Lipinski definition) is 5. The molecule has 0 aliphatic heterocycles. The molecule has 0 saturated heterocycles. The summed E-state index contributed by atoms with van der Waals surface area (Å²) < 4.78 is 11.7. The fraction of sp³-hybridized carbons (Fsp3) is 0.214. The first-order valence-electron chi connectivity index (χ1n) is 11.5. The van der Waals surface area contributed by atoms with E-state index in [2.05, 4.69) is 10.5 Å². The van der Waals surface area contributed by atoms with Gasteiger partial charge in [0.25, 0.3) is 0 Å². The summed E-state index contributed by atoms with van der Waals surface area (Å²) in [6.45, 7) is 4.94. The van der Waals surface area contributed by atoms with Crippen molar-refractivity contribution < 1.29 is 19.2 Å². The molecular formula is C28H26Cl2N2O4. The minimum atomic E-state index is -0.841.